The second-order valence-corrected chi connectivity index (χ2v) is 38.5. The largest absolute Gasteiger partial charge is 0.484 e. The van der Waals surface area contributed by atoms with Crippen molar-refractivity contribution >= 4 is 105 Å². The van der Waals surface area contributed by atoms with Gasteiger partial charge in [-0.15, -0.1) is 0 Å². The predicted molar refractivity (Wildman–Crippen MR) is 483 cm³/mol. The number of carbonyl (C=O) groups excluding carboxylic acids is 8. The van der Waals surface area contributed by atoms with Crippen LogP contribution in [0.25, 0.3) is 0 Å². The lowest BCUT2D eigenvalue weighted by atomic mass is 9.39. The van der Waals surface area contributed by atoms with Crippen molar-refractivity contribution in [1.29, 1.82) is 0 Å². The van der Waals surface area contributed by atoms with E-state index in [9.17, 15) is 82.3 Å². The monoisotopic (exact) mass is 2010 g/mol. The average molecular weight is 2020 g/mol. The lowest BCUT2D eigenvalue weighted by Crippen LogP contribution is -2.78. The van der Waals surface area contributed by atoms with Crippen molar-refractivity contribution in [2.45, 2.75) is 204 Å². The first-order valence-corrected chi connectivity index (χ1v) is 45.9. The SMILES string of the molecule is CC(F)Oc1ccc(CNC(=O)C23CC(NC(=O)COc4ccc(Cl)c(Cl)c4)(C2)C3)nc1.CC(F)Oc1ccc(CNC(=O)C23CC(NC(=O)COc4ccc(Cl)c(F)c4)(C2)C3)nc1.CC1CC2(NC(=O)COc3ccc(Cl)c(F)c3)CCC1(C(=O)N(C)Cc1ccc(C(F)(F)F)cc1)CC2.CC1CC2(NC(=O)COc3ccc(Cl)c(F)c3)CCC1(C(=O)NCc1ccc(OC(F)F)cn1)CC2. The number of ether oxygens (including phenoxy) is 7. The predicted octanol–water partition coefficient (Wildman–Crippen LogP) is 17.7. The van der Waals surface area contributed by atoms with E-state index >= 15 is 0 Å². The fraction of sp³-hybridized carbons (Fsp3) is 0.448. The van der Waals surface area contributed by atoms with E-state index in [0.29, 0.717) is 153 Å². The summed E-state index contributed by atoms with van der Waals surface area (Å²) in [6.45, 7) is 3.65. The fourth-order valence-corrected chi connectivity index (χ4v) is 20.5. The summed E-state index contributed by atoms with van der Waals surface area (Å²) in [6.07, 6.45) is 6.57. The average Bonchev–Trinajstić information content (AvgIpc) is 0.677. The summed E-state index contributed by atoms with van der Waals surface area (Å²) in [5.74, 6) is -1.58. The summed E-state index contributed by atoms with van der Waals surface area (Å²) in [5.41, 5.74) is -1.87. The lowest BCUT2D eigenvalue weighted by molar-refractivity contribution is -0.184. The first-order chi connectivity index (χ1) is 64.8. The molecule has 137 heavy (non-hydrogen) atoms. The first kappa shape index (κ1) is 103. The molecule has 12 aliphatic carbocycles. The normalized spacial score (nSPS) is 24.4. The van der Waals surface area contributed by atoms with Gasteiger partial charge in [0.25, 0.3) is 23.6 Å². The van der Waals surface area contributed by atoms with Gasteiger partial charge in [0.2, 0.25) is 36.3 Å². The second kappa shape index (κ2) is 43.0. The van der Waals surface area contributed by atoms with Crippen molar-refractivity contribution in [3.05, 3.63) is 223 Å². The van der Waals surface area contributed by atoms with Crippen LogP contribution in [0.1, 0.15) is 159 Å². The fourth-order valence-electron chi connectivity index (χ4n) is 19.9. The molecule has 3 heterocycles. The molecule has 26 nitrogen and oxygen atoms in total. The number of rotatable bonds is 34. The van der Waals surface area contributed by atoms with E-state index in [4.69, 9.17) is 86.4 Å². The molecule has 0 aliphatic heterocycles. The quantitative estimate of drug-likeness (QED) is 0.0184. The zero-order chi connectivity index (χ0) is 98.8. The number of hydrogen-bond acceptors (Lipinski definition) is 18. The molecule has 12 aliphatic rings. The Kier molecular flexibility index (Phi) is 32.3. The van der Waals surface area contributed by atoms with Crippen molar-refractivity contribution in [3.8, 4) is 40.2 Å². The molecule has 0 spiro atoms. The van der Waals surface area contributed by atoms with E-state index in [1.807, 2.05) is 13.8 Å². The number of aromatic nitrogens is 3. The van der Waals surface area contributed by atoms with Gasteiger partial charge in [-0.3, -0.25) is 53.3 Å². The van der Waals surface area contributed by atoms with Gasteiger partial charge in [0.1, 0.15) is 57.7 Å². The maximum absolute atomic E-state index is 13.6. The number of hydrogen-bond donors (Lipinski definition) is 7. The molecule has 734 valence electrons. The molecular formula is C96H100Cl5F10N11O15. The summed E-state index contributed by atoms with van der Waals surface area (Å²) in [6, 6.07) is 31.0. The van der Waals surface area contributed by atoms with Crippen LogP contribution >= 0.6 is 58.0 Å². The number of fused-ring (bicyclic) bond motifs is 6. The molecule has 4 atom stereocenters. The highest BCUT2D eigenvalue weighted by Gasteiger charge is 2.73. The molecule has 8 aromatic rings. The van der Waals surface area contributed by atoms with Gasteiger partial charge in [0.15, 0.2) is 26.4 Å². The van der Waals surface area contributed by atoms with Crippen LogP contribution in [0, 0.1) is 50.9 Å². The van der Waals surface area contributed by atoms with Crippen molar-refractivity contribution in [2.75, 3.05) is 33.5 Å². The van der Waals surface area contributed by atoms with Gasteiger partial charge in [-0.1, -0.05) is 84.0 Å². The van der Waals surface area contributed by atoms with Crippen molar-refractivity contribution < 1.29 is 115 Å². The summed E-state index contributed by atoms with van der Waals surface area (Å²) in [7, 11) is 1.68. The van der Waals surface area contributed by atoms with Gasteiger partial charge in [0, 0.05) is 73.9 Å². The van der Waals surface area contributed by atoms with Gasteiger partial charge in [-0.05, 0) is 217 Å². The van der Waals surface area contributed by atoms with E-state index < -0.39 is 81.3 Å². The molecule has 0 radical (unpaired) electrons. The van der Waals surface area contributed by atoms with E-state index in [2.05, 4.69) is 56.9 Å². The number of halogens is 15. The molecule has 41 heteroatoms. The second-order valence-electron chi connectivity index (χ2n) is 36.5. The zero-order valence-electron chi connectivity index (χ0n) is 74.9. The molecule has 0 saturated heterocycles. The van der Waals surface area contributed by atoms with Crippen LogP contribution in [0.15, 0.2) is 152 Å². The third-order valence-corrected chi connectivity index (χ3v) is 28.3. The minimum absolute atomic E-state index is 0.00383. The number of pyridine rings is 3. The Morgan fingerprint density at radius 3 is 1.04 bits per heavy atom. The van der Waals surface area contributed by atoms with Crippen LogP contribution in [0.3, 0.4) is 0 Å². The minimum Gasteiger partial charge on any atom is -0.484 e. The number of carbonyl (C=O) groups is 8. The van der Waals surface area contributed by atoms with Crippen LogP contribution in [0.4, 0.5) is 43.9 Å². The standard InChI is InChI=1S/C27H29ClF4N2O3.C25H27ClF3N3O4.C22H22Cl2FN3O4.C22H22ClF2N3O4/c1-17-14-25(33-23(35)16-37-20-7-8-21(28)22(29)13-20)9-11-26(17,12-10-25)24(36)34(2)15-18-3-5-19(6-4-18)27(30,31)32;1-15-11-24(32-21(33)14-35-17-4-5-19(26)20(27)10-17)6-8-25(15,9-7-24)22(34)31-12-16-2-3-18(13-30-16)36-23(28)29;1-13(25)32-16-3-2-14(26-8-16)7-27-20(30)21-10-22(11-21,12-21)28-19(29)9-31-15-4-5-17(23)18(24)6-15;1-13(24)32-16-3-2-14(26-8-16)7-27-20(30)21-10-22(11-21,12-21)28-19(29)9-31-15-4-5-17(23)18(25)6-15/h3-8,13,17H,9-12,14-16H2,1-2H3,(H,33,35);2-5,10,13,15,23H,6-9,11-12,14H2,1H3,(H,31,34)(H,32,33);2*2-6,8,13H,7,9-12H2,1H3,(H,27,30)(H,28,29). The maximum atomic E-state index is 13.6. The molecule has 20 rings (SSSR count). The molecular weight excluding hydrogens is 1910 g/mol. The van der Waals surface area contributed by atoms with E-state index in [1.54, 1.807) is 54.4 Å². The Morgan fingerprint density at radius 2 is 0.730 bits per heavy atom. The summed E-state index contributed by atoms with van der Waals surface area (Å²) >= 11 is 28.7. The Bertz CT molecular complexity index is 5510. The van der Waals surface area contributed by atoms with E-state index in [1.165, 1.54) is 93.1 Å². The Labute approximate surface area is 807 Å². The Morgan fingerprint density at radius 1 is 0.409 bits per heavy atom. The maximum Gasteiger partial charge on any atom is 0.416 e. The highest BCUT2D eigenvalue weighted by Crippen LogP contribution is 2.68. The van der Waals surface area contributed by atoms with Crippen molar-refractivity contribution in [2.24, 2.45) is 33.5 Å². The summed E-state index contributed by atoms with van der Waals surface area (Å²) in [4.78, 5) is 116. The molecule has 12 fully saturated rings. The molecule has 3 aromatic heterocycles. The number of nitrogens with zero attached hydrogens (tertiary/aromatic N) is 4. The smallest absolute Gasteiger partial charge is 0.416 e. The van der Waals surface area contributed by atoms with Gasteiger partial charge >= 0.3 is 12.8 Å². The lowest BCUT2D eigenvalue weighted by Gasteiger charge is -2.69. The van der Waals surface area contributed by atoms with Gasteiger partial charge < -0.3 is 75.3 Å². The molecule has 5 aromatic carbocycles. The number of benzene rings is 5. The molecule has 8 bridgehead atoms. The first-order valence-electron chi connectivity index (χ1n) is 44.0. The topological polar surface area (TPSA) is 327 Å². The van der Waals surface area contributed by atoms with Crippen LogP contribution in [0.5, 0.6) is 40.2 Å². The van der Waals surface area contributed by atoms with E-state index in [0.717, 1.165) is 30.3 Å². The molecule has 7 N–H and O–H groups in total. The highest BCUT2D eigenvalue weighted by molar-refractivity contribution is 6.42. The van der Waals surface area contributed by atoms with Crippen LogP contribution in [-0.2, 0) is 70.7 Å². The Hall–Kier alpha value is -11.3. The number of nitrogens with one attached hydrogen (secondary N) is 7. The molecule has 4 unspecified atom stereocenters. The molecule has 8 amide bonds. The van der Waals surface area contributed by atoms with E-state index in [-0.39, 0.29) is 161 Å². The Balaban J connectivity index is 0.000000155. The highest BCUT2D eigenvalue weighted by atomic mass is 35.5. The minimum atomic E-state index is -4.40. The molecule has 12 saturated carbocycles. The van der Waals surface area contributed by atoms with Crippen molar-refractivity contribution in [1.82, 2.24) is 57.1 Å². The summed E-state index contributed by atoms with van der Waals surface area (Å²) in [5, 5.41) is 21.4. The number of amides is 8. The van der Waals surface area contributed by atoms with Crippen molar-refractivity contribution in [3.63, 3.8) is 0 Å². The van der Waals surface area contributed by atoms with Crippen LogP contribution < -0.4 is 70.4 Å². The third kappa shape index (κ3) is 25.4. The van der Waals surface area contributed by atoms with Crippen LogP contribution in [0.2, 0.25) is 25.1 Å². The third-order valence-electron chi connectivity index (χ3n) is 26.6. The van der Waals surface area contributed by atoms with Gasteiger partial charge in [0.05, 0.1) is 108 Å². The zero-order valence-corrected chi connectivity index (χ0v) is 78.7. The van der Waals surface area contributed by atoms with Gasteiger partial charge in [-0.2, -0.15) is 22.0 Å². The summed E-state index contributed by atoms with van der Waals surface area (Å²) < 4.78 is 165. The number of alkyl halides is 7. The van der Waals surface area contributed by atoms with Crippen LogP contribution in [-0.4, -0.2) is 142 Å². The van der Waals surface area contributed by atoms with Gasteiger partial charge in [-0.25, -0.2) is 22.0 Å².